The van der Waals surface area contributed by atoms with Crippen molar-refractivity contribution >= 4 is 10.8 Å². The van der Waals surface area contributed by atoms with E-state index in [-0.39, 0.29) is 10.8 Å². The quantitative estimate of drug-likeness (QED) is 0.370. The molecular weight excluding hydrogens is 368 g/mol. The van der Waals surface area contributed by atoms with Gasteiger partial charge in [0.25, 0.3) is 0 Å². The van der Waals surface area contributed by atoms with E-state index in [0.717, 1.165) is 5.56 Å². The minimum absolute atomic E-state index is 0.0435. The van der Waals surface area contributed by atoms with Crippen molar-refractivity contribution in [2.45, 2.75) is 58.8 Å². The third-order valence-electron chi connectivity index (χ3n) is 5.60. The SMILES string of the molecule is CC(C)(C)c1cc(-c2nnc(Cc3cccc4ccccc34)o2)cc(C(C)(C)C)c1. The van der Waals surface area contributed by atoms with Crippen molar-refractivity contribution in [2.75, 3.05) is 0 Å². The highest BCUT2D eigenvalue weighted by molar-refractivity contribution is 5.85. The summed E-state index contributed by atoms with van der Waals surface area (Å²) in [5.41, 5.74) is 4.83. The molecule has 1 heterocycles. The Kier molecular flexibility index (Phi) is 5.01. The fourth-order valence-electron chi connectivity index (χ4n) is 3.67. The Morgan fingerprint density at radius 2 is 1.37 bits per heavy atom. The molecule has 30 heavy (non-hydrogen) atoms. The smallest absolute Gasteiger partial charge is 0.247 e. The first-order valence-corrected chi connectivity index (χ1v) is 10.6. The molecule has 3 heteroatoms. The molecule has 0 N–H and O–H groups in total. The summed E-state index contributed by atoms with van der Waals surface area (Å²) in [6, 6.07) is 21.4. The Hall–Kier alpha value is -2.94. The number of rotatable bonds is 3. The molecule has 0 bridgehead atoms. The Balaban J connectivity index is 1.72. The van der Waals surface area contributed by atoms with Gasteiger partial charge >= 0.3 is 0 Å². The molecular formula is C27H30N2O. The second-order valence-electron chi connectivity index (χ2n) is 10.1. The zero-order valence-electron chi connectivity index (χ0n) is 18.8. The molecule has 0 radical (unpaired) electrons. The summed E-state index contributed by atoms with van der Waals surface area (Å²) < 4.78 is 6.14. The van der Waals surface area contributed by atoms with Gasteiger partial charge in [0.15, 0.2) is 0 Å². The van der Waals surface area contributed by atoms with Crippen molar-refractivity contribution in [1.82, 2.24) is 10.2 Å². The fraction of sp³-hybridized carbons (Fsp3) is 0.333. The largest absolute Gasteiger partial charge is 0.420 e. The molecule has 0 aliphatic heterocycles. The summed E-state index contributed by atoms with van der Waals surface area (Å²) in [6.45, 7) is 13.4. The van der Waals surface area contributed by atoms with Crippen LogP contribution in [-0.4, -0.2) is 10.2 Å². The van der Waals surface area contributed by atoms with Crippen LogP contribution in [0.3, 0.4) is 0 Å². The van der Waals surface area contributed by atoms with Gasteiger partial charge in [-0.05, 0) is 50.4 Å². The normalized spacial score (nSPS) is 12.5. The predicted molar refractivity (Wildman–Crippen MR) is 124 cm³/mol. The van der Waals surface area contributed by atoms with Gasteiger partial charge in [0.2, 0.25) is 11.8 Å². The topological polar surface area (TPSA) is 38.9 Å². The molecule has 0 saturated carbocycles. The number of nitrogens with zero attached hydrogens (tertiary/aromatic N) is 2. The lowest BCUT2D eigenvalue weighted by Crippen LogP contribution is -2.16. The lowest BCUT2D eigenvalue weighted by atomic mass is 9.79. The van der Waals surface area contributed by atoms with Crippen LogP contribution in [0.4, 0.5) is 0 Å². The molecule has 3 aromatic carbocycles. The highest BCUT2D eigenvalue weighted by Crippen LogP contribution is 2.33. The first kappa shape index (κ1) is 20.3. The molecule has 0 atom stereocenters. The van der Waals surface area contributed by atoms with Gasteiger partial charge < -0.3 is 4.42 Å². The van der Waals surface area contributed by atoms with Gasteiger partial charge in [-0.2, -0.15) is 0 Å². The fourth-order valence-corrected chi connectivity index (χ4v) is 3.67. The second kappa shape index (κ2) is 7.39. The third kappa shape index (κ3) is 4.16. The Labute approximate surface area is 179 Å². The first-order valence-electron chi connectivity index (χ1n) is 10.6. The van der Waals surface area contributed by atoms with Gasteiger partial charge in [-0.1, -0.05) is 90.1 Å². The van der Waals surface area contributed by atoms with E-state index in [9.17, 15) is 0 Å². The molecule has 0 amide bonds. The van der Waals surface area contributed by atoms with Gasteiger partial charge in [0.1, 0.15) is 0 Å². The van der Waals surface area contributed by atoms with Crippen LogP contribution < -0.4 is 0 Å². The van der Waals surface area contributed by atoms with Crippen LogP contribution >= 0.6 is 0 Å². The summed E-state index contributed by atoms with van der Waals surface area (Å²) in [5, 5.41) is 11.2. The molecule has 4 rings (SSSR count). The molecule has 0 aliphatic carbocycles. The average molecular weight is 399 g/mol. The summed E-state index contributed by atoms with van der Waals surface area (Å²) in [5.74, 6) is 1.22. The monoisotopic (exact) mass is 398 g/mol. The maximum atomic E-state index is 6.14. The Morgan fingerprint density at radius 1 is 0.733 bits per heavy atom. The van der Waals surface area contributed by atoms with Crippen LogP contribution in [0.25, 0.3) is 22.2 Å². The summed E-state index contributed by atoms with van der Waals surface area (Å²) in [4.78, 5) is 0. The maximum absolute atomic E-state index is 6.14. The first-order chi connectivity index (χ1) is 14.1. The van der Waals surface area contributed by atoms with Gasteiger partial charge in [-0.25, -0.2) is 0 Å². The molecule has 154 valence electrons. The predicted octanol–water partition coefficient (Wildman–Crippen LogP) is 7.08. The van der Waals surface area contributed by atoms with Crippen molar-refractivity contribution in [3.05, 3.63) is 83.2 Å². The zero-order chi connectivity index (χ0) is 21.5. The minimum Gasteiger partial charge on any atom is -0.420 e. The number of hydrogen-bond donors (Lipinski definition) is 0. The molecule has 0 unspecified atom stereocenters. The lowest BCUT2D eigenvalue weighted by molar-refractivity contribution is 0.517. The van der Waals surface area contributed by atoms with E-state index in [1.54, 1.807) is 0 Å². The van der Waals surface area contributed by atoms with Crippen molar-refractivity contribution < 1.29 is 4.42 Å². The van der Waals surface area contributed by atoms with E-state index in [0.29, 0.717) is 18.2 Å². The number of aromatic nitrogens is 2. The molecule has 0 saturated heterocycles. The lowest BCUT2D eigenvalue weighted by Gasteiger charge is -2.25. The van der Waals surface area contributed by atoms with Crippen molar-refractivity contribution in [3.63, 3.8) is 0 Å². The van der Waals surface area contributed by atoms with E-state index < -0.39 is 0 Å². The Morgan fingerprint density at radius 3 is 2.03 bits per heavy atom. The van der Waals surface area contributed by atoms with Gasteiger partial charge in [0.05, 0.1) is 6.42 Å². The number of hydrogen-bond acceptors (Lipinski definition) is 3. The third-order valence-corrected chi connectivity index (χ3v) is 5.60. The number of fused-ring (bicyclic) bond motifs is 1. The summed E-state index contributed by atoms with van der Waals surface area (Å²) in [6.07, 6.45) is 0.624. The molecule has 0 spiro atoms. The molecule has 1 aromatic heterocycles. The van der Waals surface area contributed by atoms with Gasteiger partial charge in [0, 0.05) is 5.56 Å². The number of benzene rings is 3. The molecule has 0 aliphatic rings. The van der Waals surface area contributed by atoms with E-state index in [1.165, 1.54) is 27.5 Å². The summed E-state index contributed by atoms with van der Waals surface area (Å²) in [7, 11) is 0. The molecule has 4 aromatic rings. The minimum atomic E-state index is 0.0435. The van der Waals surface area contributed by atoms with Crippen LogP contribution in [0.15, 0.2) is 65.1 Å². The van der Waals surface area contributed by atoms with Crippen LogP contribution in [0.5, 0.6) is 0 Å². The highest BCUT2D eigenvalue weighted by atomic mass is 16.4. The standard InChI is InChI=1S/C27H30N2O/c1-26(2,3)21-14-20(15-22(17-21)27(4,5)6)25-29-28-24(30-25)16-19-12-9-11-18-10-7-8-13-23(18)19/h7-15,17H,16H2,1-6H3. The van der Waals surface area contributed by atoms with E-state index in [1.807, 2.05) is 0 Å². The van der Waals surface area contributed by atoms with Gasteiger partial charge in [-0.15, -0.1) is 10.2 Å². The second-order valence-corrected chi connectivity index (χ2v) is 10.1. The van der Waals surface area contributed by atoms with Gasteiger partial charge in [-0.3, -0.25) is 0 Å². The van der Waals surface area contributed by atoms with Crippen molar-refractivity contribution in [1.29, 1.82) is 0 Å². The highest BCUT2D eigenvalue weighted by Gasteiger charge is 2.22. The summed E-state index contributed by atoms with van der Waals surface area (Å²) >= 11 is 0. The van der Waals surface area contributed by atoms with Crippen LogP contribution in [0.2, 0.25) is 0 Å². The van der Waals surface area contributed by atoms with E-state index in [4.69, 9.17) is 4.42 Å². The maximum Gasteiger partial charge on any atom is 0.247 e. The molecule has 0 fully saturated rings. The van der Waals surface area contributed by atoms with Crippen molar-refractivity contribution in [3.8, 4) is 11.5 Å². The molecule has 3 nitrogen and oxygen atoms in total. The Bertz CT molecular complexity index is 1150. The van der Waals surface area contributed by atoms with Crippen molar-refractivity contribution in [2.24, 2.45) is 0 Å². The van der Waals surface area contributed by atoms with Crippen LogP contribution in [-0.2, 0) is 17.3 Å². The van der Waals surface area contributed by atoms with E-state index >= 15 is 0 Å². The van der Waals surface area contributed by atoms with Crippen LogP contribution in [0, 0.1) is 0 Å². The van der Waals surface area contributed by atoms with Crippen LogP contribution in [0.1, 0.15) is 64.1 Å². The average Bonchev–Trinajstić information content (AvgIpc) is 3.15. The van der Waals surface area contributed by atoms with E-state index in [2.05, 4.69) is 112 Å². The zero-order valence-corrected chi connectivity index (χ0v) is 18.8.